The van der Waals surface area contributed by atoms with E-state index in [4.69, 9.17) is 11.6 Å². The second-order valence-electron chi connectivity index (χ2n) is 4.40. The lowest BCUT2D eigenvalue weighted by Crippen LogP contribution is -2.41. The van der Waals surface area contributed by atoms with E-state index in [9.17, 15) is 18.0 Å². The molecule has 2 aromatic rings. The number of amides is 2. The number of halogens is 1. The first-order chi connectivity index (χ1) is 11.4. The van der Waals surface area contributed by atoms with Gasteiger partial charge in [-0.25, -0.2) is 8.42 Å². The average molecular weight is 390 g/mol. The number of benzene rings is 1. The van der Waals surface area contributed by atoms with Crippen LogP contribution in [0, 0.1) is 0 Å². The van der Waals surface area contributed by atoms with Gasteiger partial charge in [-0.3, -0.25) is 15.0 Å². The molecule has 9 nitrogen and oxygen atoms in total. The number of rotatable bonds is 7. The van der Waals surface area contributed by atoms with E-state index in [2.05, 4.69) is 15.5 Å². The van der Waals surface area contributed by atoms with Crippen LogP contribution >= 0.6 is 22.9 Å². The van der Waals surface area contributed by atoms with Gasteiger partial charge in [-0.05, 0) is 24.3 Å². The van der Waals surface area contributed by atoms with Gasteiger partial charge in [-0.2, -0.15) is 0 Å². The predicted molar refractivity (Wildman–Crippen MR) is 87.7 cm³/mol. The summed E-state index contributed by atoms with van der Waals surface area (Å²) in [5.74, 6) is -1.08. The Morgan fingerprint density at radius 3 is 2.42 bits per heavy atom. The Balaban J connectivity index is 1.78. The van der Waals surface area contributed by atoms with Crippen LogP contribution in [-0.2, 0) is 19.6 Å². The molecule has 0 radical (unpaired) electrons. The highest BCUT2D eigenvalue weighted by Gasteiger charge is 2.15. The molecule has 0 saturated carbocycles. The highest BCUT2D eigenvalue weighted by Crippen LogP contribution is 2.13. The smallest absolute Gasteiger partial charge is 0.257 e. The van der Waals surface area contributed by atoms with Crippen LogP contribution in [0.1, 0.15) is 12.8 Å². The van der Waals surface area contributed by atoms with Crippen molar-refractivity contribution >= 4 is 49.9 Å². The molecule has 2 rings (SSSR count). The molecule has 0 aliphatic heterocycles. The first-order valence-electron chi connectivity index (χ1n) is 6.49. The number of carbonyl (C=O) groups excluding carboxylic acids is 2. The van der Waals surface area contributed by atoms with Gasteiger partial charge < -0.3 is 5.32 Å². The summed E-state index contributed by atoms with van der Waals surface area (Å²) < 4.78 is 23.9. The zero-order chi connectivity index (χ0) is 17.6. The van der Waals surface area contributed by atoms with E-state index in [1.165, 1.54) is 29.8 Å². The second kappa shape index (κ2) is 8.15. The minimum atomic E-state index is -3.91. The molecule has 1 aromatic carbocycles. The molecule has 24 heavy (non-hydrogen) atoms. The molecule has 0 aliphatic rings. The van der Waals surface area contributed by atoms with Gasteiger partial charge in [0.05, 0.1) is 4.90 Å². The summed E-state index contributed by atoms with van der Waals surface area (Å²) >= 11 is 6.82. The van der Waals surface area contributed by atoms with Crippen LogP contribution in [0.4, 0.5) is 5.13 Å². The Kier molecular flexibility index (Phi) is 6.20. The normalized spacial score (nSPS) is 11.0. The van der Waals surface area contributed by atoms with Crippen molar-refractivity contribution in [3.63, 3.8) is 0 Å². The van der Waals surface area contributed by atoms with Gasteiger partial charge in [0.25, 0.3) is 10.0 Å². The Morgan fingerprint density at radius 1 is 1.12 bits per heavy atom. The molecule has 0 atom stereocenters. The number of hydrazine groups is 1. The highest BCUT2D eigenvalue weighted by atomic mass is 35.5. The number of anilines is 1. The number of aromatic nitrogens is 2. The van der Waals surface area contributed by atoms with Crippen LogP contribution in [0.5, 0.6) is 0 Å². The fraction of sp³-hybridized carbons (Fsp3) is 0.167. The molecule has 1 heterocycles. The molecular weight excluding hydrogens is 378 g/mol. The molecule has 0 spiro atoms. The largest absolute Gasteiger partial charge is 0.301 e. The van der Waals surface area contributed by atoms with Gasteiger partial charge in [0.2, 0.25) is 16.9 Å². The summed E-state index contributed by atoms with van der Waals surface area (Å²) in [7, 11) is -3.91. The number of hydrogen-bond acceptors (Lipinski definition) is 7. The van der Waals surface area contributed by atoms with Crippen molar-refractivity contribution in [2.75, 3.05) is 5.32 Å². The van der Waals surface area contributed by atoms with Crippen molar-refractivity contribution in [2.24, 2.45) is 0 Å². The third-order valence-corrected chi connectivity index (χ3v) is 4.76. The molecule has 0 saturated heterocycles. The molecule has 0 fully saturated rings. The lowest BCUT2D eigenvalue weighted by Gasteiger charge is -2.08. The van der Waals surface area contributed by atoms with Gasteiger partial charge in [-0.15, -0.1) is 15.0 Å². The molecule has 2 amide bonds. The SMILES string of the molecule is O=C(CCC(=O)Nc1nncs1)NNS(=O)(=O)c1ccc(Cl)cc1. The maximum atomic E-state index is 11.9. The zero-order valence-corrected chi connectivity index (χ0v) is 14.4. The zero-order valence-electron chi connectivity index (χ0n) is 12.0. The van der Waals surface area contributed by atoms with Gasteiger partial charge in [0, 0.05) is 17.9 Å². The third kappa shape index (κ3) is 5.53. The van der Waals surface area contributed by atoms with Crippen LogP contribution in [0.25, 0.3) is 0 Å². The topological polar surface area (TPSA) is 130 Å². The van der Waals surface area contributed by atoms with E-state index in [0.717, 1.165) is 11.3 Å². The molecule has 0 unspecified atom stereocenters. The molecule has 3 N–H and O–H groups in total. The number of nitrogens with zero attached hydrogens (tertiary/aromatic N) is 2. The van der Waals surface area contributed by atoms with Crippen molar-refractivity contribution in [3.05, 3.63) is 34.8 Å². The molecule has 12 heteroatoms. The quantitative estimate of drug-likeness (QED) is 0.603. The van der Waals surface area contributed by atoms with Crippen LogP contribution < -0.4 is 15.6 Å². The van der Waals surface area contributed by atoms with Crippen molar-refractivity contribution in [1.82, 2.24) is 20.5 Å². The highest BCUT2D eigenvalue weighted by molar-refractivity contribution is 7.89. The lowest BCUT2D eigenvalue weighted by atomic mass is 10.3. The fourth-order valence-electron chi connectivity index (χ4n) is 1.50. The van der Waals surface area contributed by atoms with E-state index in [1.54, 1.807) is 0 Å². The second-order valence-corrected chi connectivity index (χ2v) is 7.35. The fourth-order valence-corrected chi connectivity index (χ4v) is 2.94. The summed E-state index contributed by atoms with van der Waals surface area (Å²) in [6.07, 6.45) is -0.331. The van der Waals surface area contributed by atoms with E-state index < -0.39 is 21.8 Å². The van der Waals surface area contributed by atoms with Crippen molar-refractivity contribution < 1.29 is 18.0 Å². The third-order valence-electron chi connectivity index (χ3n) is 2.63. The van der Waals surface area contributed by atoms with Crippen molar-refractivity contribution in [2.45, 2.75) is 17.7 Å². The minimum Gasteiger partial charge on any atom is -0.301 e. The first-order valence-corrected chi connectivity index (χ1v) is 9.23. The number of hydrogen-bond donors (Lipinski definition) is 3. The van der Waals surface area contributed by atoms with Gasteiger partial charge in [0.1, 0.15) is 5.51 Å². The predicted octanol–water partition coefficient (Wildman–Crippen LogP) is 0.920. The summed E-state index contributed by atoms with van der Waals surface area (Å²) in [5, 5.41) is 10.3. The lowest BCUT2D eigenvalue weighted by molar-refractivity contribution is -0.124. The summed E-state index contributed by atoms with van der Waals surface area (Å²) in [4.78, 5) is 25.1. The first kappa shape index (κ1) is 18.3. The Morgan fingerprint density at radius 2 is 1.79 bits per heavy atom. The van der Waals surface area contributed by atoms with Gasteiger partial charge in [0.15, 0.2) is 0 Å². The molecule has 0 aliphatic carbocycles. The van der Waals surface area contributed by atoms with Gasteiger partial charge >= 0.3 is 0 Å². The van der Waals surface area contributed by atoms with E-state index in [0.29, 0.717) is 10.2 Å². The minimum absolute atomic E-state index is 0.0544. The van der Waals surface area contributed by atoms with Crippen LogP contribution in [0.2, 0.25) is 5.02 Å². The molecule has 1 aromatic heterocycles. The van der Waals surface area contributed by atoms with E-state index in [-0.39, 0.29) is 17.7 Å². The standard InChI is InChI=1S/C12H12ClN5O4S2/c13-8-1-3-9(4-2-8)24(21,22)18-16-11(20)6-5-10(19)15-12-17-14-7-23-12/h1-4,7,18H,5-6H2,(H,16,20)(H,15,17,19). The van der Waals surface area contributed by atoms with Crippen molar-refractivity contribution in [3.8, 4) is 0 Å². The Labute approximate surface area is 146 Å². The van der Waals surface area contributed by atoms with E-state index in [1.807, 2.05) is 10.3 Å². The maximum absolute atomic E-state index is 11.9. The Bertz CT molecular complexity index is 808. The average Bonchev–Trinajstić information content (AvgIpc) is 3.04. The van der Waals surface area contributed by atoms with Crippen LogP contribution in [0.3, 0.4) is 0 Å². The van der Waals surface area contributed by atoms with Crippen molar-refractivity contribution in [1.29, 1.82) is 0 Å². The van der Waals surface area contributed by atoms with Gasteiger partial charge in [-0.1, -0.05) is 22.9 Å². The Hall–Kier alpha value is -2.08. The summed E-state index contributed by atoms with van der Waals surface area (Å²) in [6.45, 7) is 0. The van der Waals surface area contributed by atoms with E-state index >= 15 is 0 Å². The monoisotopic (exact) mass is 389 g/mol. The number of sulfonamides is 1. The summed E-state index contributed by atoms with van der Waals surface area (Å²) in [5.41, 5.74) is 3.49. The van der Waals surface area contributed by atoms with Crippen LogP contribution in [-0.4, -0.2) is 30.4 Å². The molecule has 128 valence electrons. The summed E-state index contributed by atoms with van der Waals surface area (Å²) in [6, 6.07) is 5.42. The van der Waals surface area contributed by atoms with Crippen LogP contribution in [0.15, 0.2) is 34.7 Å². The number of carbonyl (C=O) groups is 2. The molecule has 0 bridgehead atoms. The maximum Gasteiger partial charge on any atom is 0.257 e. The molecular formula is C12H12ClN5O4S2. The number of nitrogens with one attached hydrogen (secondary N) is 3.